The van der Waals surface area contributed by atoms with Gasteiger partial charge in [-0.05, 0) is 13.0 Å². The number of allylic oxidation sites excluding steroid dienone is 1. The first-order chi connectivity index (χ1) is 11.1. The Hall–Kier alpha value is -2.54. The maximum Gasteiger partial charge on any atom is 0.338 e. The number of benzene rings is 1. The van der Waals surface area contributed by atoms with Gasteiger partial charge in [0, 0.05) is 18.4 Å². The van der Waals surface area contributed by atoms with Gasteiger partial charge >= 0.3 is 12.0 Å². The zero-order chi connectivity index (χ0) is 16.8. The summed E-state index contributed by atoms with van der Waals surface area (Å²) >= 11 is 0. The van der Waals surface area contributed by atoms with Crippen molar-refractivity contribution in [3.8, 4) is 5.75 Å². The van der Waals surface area contributed by atoms with E-state index in [1.807, 2.05) is 12.1 Å². The fraction of sp³-hybridized carbons (Fsp3) is 0.375. The number of carbonyl (C=O) groups excluding carboxylic acids is 2. The summed E-state index contributed by atoms with van der Waals surface area (Å²) in [5.74, 6) is 0.0673. The van der Waals surface area contributed by atoms with Gasteiger partial charge in [0.1, 0.15) is 12.4 Å². The van der Waals surface area contributed by atoms with Crippen LogP contribution in [0.3, 0.4) is 0 Å². The highest BCUT2D eigenvalue weighted by atomic mass is 16.6. The first-order valence-electron chi connectivity index (χ1n) is 7.15. The van der Waals surface area contributed by atoms with Crippen molar-refractivity contribution in [2.45, 2.75) is 13.0 Å². The molecule has 2 amide bonds. The van der Waals surface area contributed by atoms with Gasteiger partial charge in [0.2, 0.25) is 0 Å². The van der Waals surface area contributed by atoms with Crippen molar-refractivity contribution in [1.29, 1.82) is 0 Å². The highest BCUT2D eigenvalue weighted by Gasteiger charge is 2.33. The molecule has 124 valence electrons. The third-order valence-corrected chi connectivity index (χ3v) is 3.46. The van der Waals surface area contributed by atoms with Crippen LogP contribution >= 0.6 is 0 Å². The largest absolute Gasteiger partial charge is 0.496 e. The molecule has 7 nitrogen and oxygen atoms in total. The average molecular weight is 320 g/mol. The highest BCUT2D eigenvalue weighted by molar-refractivity contribution is 5.95. The van der Waals surface area contributed by atoms with Crippen LogP contribution in [0.2, 0.25) is 0 Å². The Labute approximate surface area is 134 Å². The number of rotatable bonds is 6. The third-order valence-electron chi connectivity index (χ3n) is 3.46. The van der Waals surface area contributed by atoms with Crippen molar-refractivity contribution < 1.29 is 23.8 Å². The molecule has 1 unspecified atom stereocenters. The van der Waals surface area contributed by atoms with Gasteiger partial charge in [-0.3, -0.25) is 0 Å². The summed E-state index contributed by atoms with van der Waals surface area (Å²) < 4.78 is 15.4. The van der Waals surface area contributed by atoms with E-state index in [0.717, 1.165) is 0 Å². The Kier molecular flexibility index (Phi) is 5.59. The maximum atomic E-state index is 12.4. The number of amides is 2. The number of nitrogens with one attached hydrogen (secondary N) is 2. The van der Waals surface area contributed by atoms with E-state index in [2.05, 4.69) is 10.6 Å². The Morgan fingerprint density at radius 1 is 1.22 bits per heavy atom. The minimum atomic E-state index is -0.644. The van der Waals surface area contributed by atoms with Gasteiger partial charge in [-0.25, -0.2) is 9.59 Å². The first kappa shape index (κ1) is 16.8. The van der Waals surface area contributed by atoms with Crippen molar-refractivity contribution in [3.05, 3.63) is 41.1 Å². The lowest BCUT2D eigenvalue weighted by molar-refractivity contribution is -0.140. The van der Waals surface area contributed by atoms with Crippen LogP contribution in [0.25, 0.3) is 0 Å². The molecule has 23 heavy (non-hydrogen) atoms. The lowest BCUT2D eigenvalue weighted by atomic mass is 9.95. The second-order valence-corrected chi connectivity index (χ2v) is 4.94. The van der Waals surface area contributed by atoms with Crippen molar-refractivity contribution in [2.75, 3.05) is 27.4 Å². The summed E-state index contributed by atoms with van der Waals surface area (Å²) in [5.41, 5.74) is 1.47. The number of ether oxygens (including phenoxy) is 3. The summed E-state index contributed by atoms with van der Waals surface area (Å²) in [4.78, 5) is 24.2. The molecule has 1 aromatic rings. The van der Waals surface area contributed by atoms with Crippen LogP contribution < -0.4 is 15.4 Å². The molecule has 0 aliphatic carbocycles. The third kappa shape index (κ3) is 3.81. The van der Waals surface area contributed by atoms with Crippen molar-refractivity contribution in [3.63, 3.8) is 0 Å². The van der Waals surface area contributed by atoms with Crippen LogP contribution in [0.1, 0.15) is 18.5 Å². The van der Waals surface area contributed by atoms with Gasteiger partial charge in [0.25, 0.3) is 0 Å². The number of para-hydroxylation sites is 1. The van der Waals surface area contributed by atoms with E-state index in [9.17, 15) is 9.59 Å². The first-order valence-corrected chi connectivity index (χ1v) is 7.15. The Bertz CT molecular complexity index is 627. The van der Waals surface area contributed by atoms with Gasteiger partial charge < -0.3 is 24.8 Å². The van der Waals surface area contributed by atoms with Crippen LogP contribution in [0.15, 0.2) is 35.5 Å². The molecule has 0 saturated carbocycles. The molecule has 1 atom stereocenters. The molecule has 0 fully saturated rings. The molecule has 2 rings (SSSR count). The minimum Gasteiger partial charge on any atom is -0.496 e. The minimum absolute atomic E-state index is 0.138. The number of urea groups is 1. The smallest absolute Gasteiger partial charge is 0.338 e. The van der Waals surface area contributed by atoms with Crippen molar-refractivity contribution in [1.82, 2.24) is 10.6 Å². The Morgan fingerprint density at radius 2 is 1.96 bits per heavy atom. The van der Waals surface area contributed by atoms with Gasteiger partial charge in [-0.1, -0.05) is 18.2 Å². The van der Waals surface area contributed by atoms with E-state index in [1.54, 1.807) is 19.1 Å². The summed E-state index contributed by atoms with van der Waals surface area (Å²) in [6, 6.07) is 6.17. The van der Waals surface area contributed by atoms with Crippen LogP contribution in [-0.4, -0.2) is 39.4 Å². The second-order valence-electron chi connectivity index (χ2n) is 4.94. The van der Waals surface area contributed by atoms with Crippen molar-refractivity contribution in [2.24, 2.45) is 0 Å². The molecule has 0 radical (unpaired) electrons. The molecule has 7 heteroatoms. The molecular weight excluding hydrogens is 300 g/mol. The van der Waals surface area contributed by atoms with Crippen LogP contribution in [0.4, 0.5) is 4.79 Å². The molecule has 1 aliphatic heterocycles. The summed E-state index contributed by atoms with van der Waals surface area (Å²) in [6.07, 6.45) is 0. The summed E-state index contributed by atoms with van der Waals surface area (Å²) in [7, 11) is 3.06. The molecule has 0 aromatic heterocycles. The molecule has 1 heterocycles. The highest BCUT2D eigenvalue weighted by Crippen LogP contribution is 2.33. The topological polar surface area (TPSA) is 85.9 Å². The zero-order valence-corrected chi connectivity index (χ0v) is 13.3. The Balaban J connectivity index is 2.36. The fourth-order valence-corrected chi connectivity index (χ4v) is 2.40. The van der Waals surface area contributed by atoms with E-state index in [4.69, 9.17) is 14.2 Å². The van der Waals surface area contributed by atoms with E-state index < -0.39 is 12.0 Å². The van der Waals surface area contributed by atoms with Gasteiger partial charge in [-0.2, -0.15) is 0 Å². The lowest BCUT2D eigenvalue weighted by Gasteiger charge is -2.29. The number of methoxy groups -OCH3 is 2. The van der Waals surface area contributed by atoms with Crippen LogP contribution in [-0.2, 0) is 14.3 Å². The Morgan fingerprint density at radius 3 is 2.65 bits per heavy atom. The van der Waals surface area contributed by atoms with Gasteiger partial charge in [0.15, 0.2) is 0 Å². The van der Waals surface area contributed by atoms with E-state index in [0.29, 0.717) is 29.2 Å². The van der Waals surface area contributed by atoms with Crippen LogP contribution in [0.5, 0.6) is 5.75 Å². The normalized spacial score (nSPS) is 17.3. The monoisotopic (exact) mass is 320 g/mol. The predicted molar refractivity (Wildman–Crippen MR) is 82.9 cm³/mol. The van der Waals surface area contributed by atoms with Gasteiger partial charge in [-0.15, -0.1) is 0 Å². The molecular formula is C16H20N2O5. The summed E-state index contributed by atoms with van der Waals surface area (Å²) in [5, 5.41) is 5.33. The predicted octanol–water partition coefficient (Wildman–Crippen LogP) is 1.51. The quantitative estimate of drug-likeness (QED) is 0.613. The fourth-order valence-electron chi connectivity index (χ4n) is 2.40. The number of esters is 1. The average Bonchev–Trinajstić information content (AvgIpc) is 2.54. The second kappa shape index (κ2) is 7.64. The molecule has 2 N–H and O–H groups in total. The van der Waals surface area contributed by atoms with Gasteiger partial charge in [0.05, 0.1) is 25.3 Å². The number of hydrogen-bond acceptors (Lipinski definition) is 5. The zero-order valence-electron chi connectivity index (χ0n) is 13.3. The molecule has 0 spiro atoms. The lowest BCUT2D eigenvalue weighted by Crippen LogP contribution is -2.45. The molecule has 1 aliphatic rings. The standard InChI is InChI=1S/C16H20N2O5/c1-10-13(15(19)23-9-8-21-2)14(18-16(20)17-10)11-6-4-5-7-12(11)22-3/h4-7,14H,8-9H2,1-3H3,(H2,17,18,20). The van der Waals surface area contributed by atoms with E-state index >= 15 is 0 Å². The summed E-state index contributed by atoms with van der Waals surface area (Å²) in [6.45, 7) is 2.10. The van der Waals surface area contributed by atoms with Crippen LogP contribution in [0, 0.1) is 0 Å². The van der Waals surface area contributed by atoms with Crippen molar-refractivity contribution >= 4 is 12.0 Å². The van der Waals surface area contributed by atoms with E-state index in [-0.39, 0.29) is 12.6 Å². The maximum absolute atomic E-state index is 12.4. The molecule has 0 saturated heterocycles. The SMILES string of the molecule is COCCOC(=O)C1=C(C)NC(=O)NC1c1ccccc1OC. The number of hydrogen-bond donors (Lipinski definition) is 2. The molecule has 1 aromatic carbocycles. The molecule has 0 bridgehead atoms. The number of carbonyl (C=O) groups is 2. The van der Waals surface area contributed by atoms with E-state index in [1.165, 1.54) is 14.2 Å².